The standard InChI is InChI=1S/C18H21NO3S/c1-14(23-15-8-4-3-5-9-15)18(20)19-12-13-22-17-11-7-6-10-16(17)21-2/h3-11,14H,12-13H2,1-2H3,(H,19,20). The van der Waals surface area contributed by atoms with E-state index in [1.54, 1.807) is 7.11 Å². The fourth-order valence-corrected chi connectivity index (χ4v) is 2.89. The summed E-state index contributed by atoms with van der Waals surface area (Å²) in [5.41, 5.74) is 0. The largest absolute Gasteiger partial charge is 0.493 e. The third-order valence-electron chi connectivity index (χ3n) is 3.15. The molecule has 0 fully saturated rings. The van der Waals surface area contributed by atoms with E-state index in [0.717, 1.165) is 4.90 Å². The number of thioether (sulfide) groups is 1. The number of nitrogens with one attached hydrogen (secondary N) is 1. The minimum absolute atomic E-state index is 0.00230. The van der Waals surface area contributed by atoms with Crippen molar-refractivity contribution < 1.29 is 14.3 Å². The molecule has 4 nitrogen and oxygen atoms in total. The number of carbonyl (C=O) groups excluding carboxylic acids is 1. The predicted octanol–water partition coefficient (Wildman–Crippen LogP) is 3.37. The third-order valence-corrected chi connectivity index (χ3v) is 4.27. The molecule has 1 atom stereocenters. The summed E-state index contributed by atoms with van der Waals surface area (Å²) < 4.78 is 10.8. The van der Waals surface area contributed by atoms with Gasteiger partial charge in [-0.3, -0.25) is 4.79 Å². The zero-order chi connectivity index (χ0) is 16.5. The van der Waals surface area contributed by atoms with Gasteiger partial charge in [-0.1, -0.05) is 30.3 Å². The SMILES string of the molecule is COc1ccccc1OCCNC(=O)C(C)Sc1ccccc1. The van der Waals surface area contributed by atoms with E-state index in [1.807, 2.05) is 61.5 Å². The van der Waals surface area contributed by atoms with Crippen LogP contribution in [0.5, 0.6) is 11.5 Å². The molecule has 2 aromatic carbocycles. The molecule has 0 aliphatic rings. The van der Waals surface area contributed by atoms with Crippen LogP contribution in [0.25, 0.3) is 0 Å². The highest BCUT2D eigenvalue weighted by Gasteiger charge is 2.13. The van der Waals surface area contributed by atoms with Gasteiger partial charge in [-0.2, -0.15) is 0 Å². The van der Waals surface area contributed by atoms with Gasteiger partial charge in [-0.25, -0.2) is 0 Å². The van der Waals surface area contributed by atoms with Crippen molar-refractivity contribution in [1.82, 2.24) is 5.32 Å². The zero-order valence-electron chi connectivity index (χ0n) is 13.3. The van der Waals surface area contributed by atoms with Crippen LogP contribution in [0.1, 0.15) is 6.92 Å². The van der Waals surface area contributed by atoms with Crippen molar-refractivity contribution in [2.45, 2.75) is 17.1 Å². The fourth-order valence-electron chi connectivity index (χ4n) is 1.97. The molecule has 2 aromatic rings. The lowest BCUT2D eigenvalue weighted by Gasteiger charge is -2.13. The summed E-state index contributed by atoms with van der Waals surface area (Å²) in [5.74, 6) is 1.37. The molecule has 0 heterocycles. The van der Waals surface area contributed by atoms with Gasteiger partial charge in [-0.05, 0) is 31.2 Å². The Bertz CT molecular complexity index is 619. The van der Waals surface area contributed by atoms with Crippen LogP contribution >= 0.6 is 11.8 Å². The molecular weight excluding hydrogens is 310 g/mol. The van der Waals surface area contributed by atoms with E-state index in [1.165, 1.54) is 11.8 Å². The topological polar surface area (TPSA) is 47.6 Å². The van der Waals surface area contributed by atoms with Crippen molar-refractivity contribution in [3.05, 3.63) is 54.6 Å². The van der Waals surface area contributed by atoms with Crippen molar-refractivity contribution in [3.8, 4) is 11.5 Å². The van der Waals surface area contributed by atoms with E-state index in [4.69, 9.17) is 9.47 Å². The smallest absolute Gasteiger partial charge is 0.233 e. The number of benzene rings is 2. The molecule has 122 valence electrons. The minimum atomic E-state index is -0.149. The Morgan fingerprint density at radius 2 is 1.74 bits per heavy atom. The van der Waals surface area contributed by atoms with Crippen LogP contribution < -0.4 is 14.8 Å². The summed E-state index contributed by atoms with van der Waals surface area (Å²) in [5, 5.41) is 2.74. The molecule has 0 aliphatic heterocycles. The van der Waals surface area contributed by atoms with Gasteiger partial charge in [0.2, 0.25) is 5.91 Å². The molecule has 0 aliphatic carbocycles. The lowest BCUT2D eigenvalue weighted by Crippen LogP contribution is -2.33. The molecule has 2 rings (SSSR count). The van der Waals surface area contributed by atoms with Crippen molar-refractivity contribution in [2.24, 2.45) is 0 Å². The summed E-state index contributed by atoms with van der Waals surface area (Å²) in [6.07, 6.45) is 0. The molecule has 1 amide bonds. The second-order valence-corrected chi connectivity index (χ2v) is 6.28. The van der Waals surface area contributed by atoms with Gasteiger partial charge in [-0.15, -0.1) is 11.8 Å². The quantitative estimate of drug-likeness (QED) is 0.595. The Kier molecular flexibility index (Phi) is 6.81. The molecule has 1 unspecified atom stereocenters. The third kappa shape index (κ3) is 5.53. The van der Waals surface area contributed by atoms with Crippen LogP contribution in [0.4, 0.5) is 0 Å². The highest BCUT2D eigenvalue weighted by molar-refractivity contribution is 8.00. The van der Waals surface area contributed by atoms with Gasteiger partial charge >= 0.3 is 0 Å². The van der Waals surface area contributed by atoms with Crippen LogP contribution in [0.3, 0.4) is 0 Å². The van der Waals surface area contributed by atoms with Gasteiger partial charge in [0.1, 0.15) is 6.61 Å². The molecule has 0 aromatic heterocycles. The summed E-state index contributed by atoms with van der Waals surface area (Å²) in [4.78, 5) is 13.2. The van der Waals surface area contributed by atoms with E-state index < -0.39 is 0 Å². The van der Waals surface area contributed by atoms with Gasteiger partial charge in [0.05, 0.1) is 18.9 Å². The van der Waals surface area contributed by atoms with E-state index in [-0.39, 0.29) is 11.2 Å². The molecule has 0 saturated carbocycles. The molecule has 0 bridgehead atoms. The van der Waals surface area contributed by atoms with E-state index in [2.05, 4.69) is 5.32 Å². The van der Waals surface area contributed by atoms with Gasteiger partial charge in [0.15, 0.2) is 11.5 Å². The number of hydrogen-bond donors (Lipinski definition) is 1. The van der Waals surface area contributed by atoms with Crippen molar-refractivity contribution in [2.75, 3.05) is 20.3 Å². The number of rotatable bonds is 8. The van der Waals surface area contributed by atoms with Crippen LogP contribution in [0.15, 0.2) is 59.5 Å². The predicted molar refractivity (Wildman–Crippen MR) is 93.3 cm³/mol. The lowest BCUT2D eigenvalue weighted by molar-refractivity contribution is -0.120. The Labute approximate surface area is 141 Å². The number of carbonyl (C=O) groups is 1. The maximum absolute atomic E-state index is 12.1. The molecule has 5 heteroatoms. The summed E-state index contributed by atoms with van der Waals surface area (Å²) in [6, 6.07) is 17.3. The fraction of sp³-hybridized carbons (Fsp3) is 0.278. The number of amides is 1. The zero-order valence-corrected chi connectivity index (χ0v) is 14.1. The van der Waals surface area contributed by atoms with Crippen LogP contribution in [0.2, 0.25) is 0 Å². The first-order valence-corrected chi connectivity index (χ1v) is 8.34. The average molecular weight is 331 g/mol. The summed E-state index contributed by atoms with van der Waals surface area (Å²) in [6.45, 7) is 2.75. The Balaban J connectivity index is 1.72. The molecular formula is C18H21NO3S. The number of para-hydroxylation sites is 2. The van der Waals surface area contributed by atoms with E-state index in [0.29, 0.717) is 24.7 Å². The van der Waals surface area contributed by atoms with E-state index >= 15 is 0 Å². The maximum atomic E-state index is 12.1. The second kappa shape index (κ2) is 9.10. The van der Waals surface area contributed by atoms with Crippen LogP contribution in [0, 0.1) is 0 Å². The Hall–Kier alpha value is -2.14. The number of ether oxygens (including phenoxy) is 2. The summed E-state index contributed by atoms with van der Waals surface area (Å²) >= 11 is 1.54. The first kappa shape index (κ1) is 17.2. The van der Waals surface area contributed by atoms with Crippen LogP contribution in [-0.4, -0.2) is 31.4 Å². The highest BCUT2D eigenvalue weighted by atomic mass is 32.2. The van der Waals surface area contributed by atoms with Crippen molar-refractivity contribution in [3.63, 3.8) is 0 Å². The van der Waals surface area contributed by atoms with Crippen molar-refractivity contribution >= 4 is 17.7 Å². The monoisotopic (exact) mass is 331 g/mol. The maximum Gasteiger partial charge on any atom is 0.233 e. The van der Waals surface area contributed by atoms with Gasteiger partial charge in [0.25, 0.3) is 0 Å². The van der Waals surface area contributed by atoms with Gasteiger partial charge < -0.3 is 14.8 Å². The first-order valence-electron chi connectivity index (χ1n) is 7.46. The lowest BCUT2D eigenvalue weighted by atomic mass is 10.3. The second-order valence-electron chi connectivity index (χ2n) is 4.86. The normalized spacial score (nSPS) is 11.6. The minimum Gasteiger partial charge on any atom is -0.493 e. The number of methoxy groups -OCH3 is 1. The van der Waals surface area contributed by atoms with Crippen molar-refractivity contribution in [1.29, 1.82) is 0 Å². The van der Waals surface area contributed by atoms with E-state index in [9.17, 15) is 4.79 Å². The molecule has 0 radical (unpaired) electrons. The van der Waals surface area contributed by atoms with Crippen LogP contribution in [-0.2, 0) is 4.79 Å². The summed E-state index contributed by atoms with van der Waals surface area (Å²) in [7, 11) is 1.60. The Morgan fingerprint density at radius 3 is 2.43 bits per heavy atom. The van der Waals surface area contributed by atoms with Gasteiger partial charge in [0, 0.05) is 4.90 Å². The molecule has 0 saturated heterocycles. The Morgan fingerprint density at radius 1 is 1.09 bits per heavy atom. The average Bonchev–Trinajstić information content (AvgIpc) is 2.59. The highest BCUT2D eigenvalue weighted by Crippen LogP contribution is 2.25. The first-order chi connectivity index (χ1) is 11.2. The molecule has 0 spiro atoms. The molecule has 23 heavy (non-hydrogen) atoms. The molecule has 1 N–H and O–H groups in total. The number of hydrogen-bond acceptors (Lipinski definition) is 4.